The molecule has 0 radical (unpaired) electrons. The molecule has 21 heavy (non-hydrogen) atoms. The Kier molecular flexibility index (Phi) is 5.80. The van der Waals surface area contributed by atoms with Gasteiger partial charge in [-0.15, -0.1) is 0 Å². The average molecular weight is 291 g/mol. The highest BCUT2D eigenvalue weighted by atomic mass is 16.5. The Balaban J connectivity index is 1.96. The topological polar surface area (TPSA) is 32.7 Å². The van der Waals surface area contributed by atoms with Crippen LogP contribution in [0.2, 0.25) is 0 Å². The molecule has 0 saturated carbocycles. The Morgan fingerprint density at radius 1 is 1.33 bits per heavy atom. The Morgan fingerprint density at radius 3 is 2.71 bits per heavy atom. The molecular weight excluding hydrogens is 262 g/mol. The molecule has 1 fully saturated rings. The fourth-order valence-electron chi connectivity index (χ4n) is 3.42. The molecule has 0 aromatic heterocycles. The standard InChI is InChI=1S/C18H29NO2/c1-18(2,17(20)16-9-5-4-6-10-16)14-19-11-7-8-15(12-19)13-21-3/h4-6,9-10,15,17,20H,7-8,11-14H2,1-3H3. The summed E-state index contributed by atoms with van der Waals surface area (Å²) in [4.78, 5) is 2.49. The van der Waals surface area contributed by atoms with Gasteiger partial charge in [-0.3, -0.25) is 0 Å². The first kappa shape index (κ1) is 16.5. The Bertz CT molecular complexity index is 416. The van der Waals surface area contributed by atoms with Gasteiger partial charge >= 0.3 is 0 Å². The quantitative estimate of drug-likeness (QED) is 0.874. The van der Waals surface area contributed by atoms with Crippen LogP contribution in [0.1, 0.15) is 38.4 Å². The molecule has 1 aliphatic rings. The second kappa shape index (κ2) is 7.39. The summed E-state index contributed by atoms with van der Waals surface area (Å²) in [6, 6.07) is 9.99. The normalized spacial score (nSPS) is 22.2. The number of benzene rings is 1. The van der Waals surface area contributed by atoms with E-state index in [1.807, 2.05) is 30.3 Å². The zero-order chi connectivity index (χ0) is 15.3. The van der Waals surface area contributed by atoms with Crippen LogP contribution in [0.4, 0.5) is 0 Å². The predicted molar refractivity (Wildman–Crippen MR) is 86.2 cm³/mol. The van der Waals surface area contributed by atoms with Gasteiger partial charge in [0.15, 0.2) is 0 Å². The minimum Gasteiger partial charge on any atom is -0.388 e. The predicted octanol–water partition coefficient (Wildman–Crippen LogP) is 3.10. The third-order valence-corrected chi connectivity index (χ3v) is 4.49. The molecule has 1 aromatic rings. The van der Waals surface area contributed by atoms with Crippen LogP contribution in [-0.4, -0.2) is 43.4 Å². The van der Waals surface area contributed by atoms with E-state index in [1.165, 1.54) is 12.8 Å². The number of aliphatic hydroxyl groups is 1. The van der Waals surface area contributed by atoms with Gasteiger partial charge in [0.25, 0.3) is 0 Å². The zero-order valence-corrected chi connectivity index (χ0v) is 13.6. The highest BCUT2D eigenvalue weighted by molar-refractivity contribution is 5.19. The summed E-state index contributed by atoms with van der Waals surface area (Å²) in [5.74, 6) is 0.633. The van der Waals surface area contributed by atoms with Gasteiger partial charge in [0.2, 0.25) is 0 Å². The van der Waals surface area contributed by atoms with Gasteiger partial charge < -0.3 is 14.7 Å². The maximum absolute atomic E-state index is 10.7. The van der Waals surface area contributed by atoms with Crippen molar-refractivity contribution in [2.24, 2.45) is 11.3 Å². The van der Waals surface area contributed by atoms with E-state index < -0.39 is 6.10 Å². The highest BCUT2D eigenvalue weighted by Crippen LogP contribution is 2.35. The van der Waals surface area contributed by atoms with E-state index in [0.29, 0.717) is 5.92 Å². The molecular formula is C18H29NO2. The summed E-state index contributed by atoms with van der Waals surface area (Å²) >= 11 is 0. The Hall–Kier alpha value is -0.900. The monoisotopic (exact) mass is 291 g/mol. The van der Waals surface area contributed by atoms with Crippen molar-refractivity contribution in [2.45, 2.75) is 32.8 Å². The van der Waals surface area contributed by atoms with Crippen molar-refractivity contribution >= 4 is 0 Å². The summed E-state index contributed by atoms with van der Waals surface area (Å²) in [6.45, 7) is 8.29. The lowest BCUT2D eigenvalue weighted by Gasteiger charge is -2.40. The molecule has 2 unspecified atom stereocenters. The second-order valence-electron chi connectivity index (χ2n) is 7.00. The van der Waals surface area contributed by atoms with E-state index in [4.69, 9.17) is 4.74 Å². The maximum Gasteiger partial charge on any atom is 0.0853 e. The molecule has 1 N–H and O–H groups in total. The number of likely N-dealkylation sites (tertiary alicyclic amines) is 1. The highest BCUT2D eigenvalue weighted by Gasteiger charge is 2.32. The smallest absolute Gasteiger partial charge is 0.0853 e. The maximum atomic E-state index is 10.7. The zero-order valence-electron chi connectivity index (χ0n) is 13.6. The lowest BCUT2D eigenvalue weighted by Crippen LogP contribution is -2.44. The van der Waals surface area contributed by atoms with Crippen LogP contribution in [0.5, 0.6) is 0 Å². The molecule has 1 aromatic carbocycles. The van der Waals surface area contributed by atoms with Crippen LogP contribution in [0, 0.1) is 11.3 Å². The summed E-state index contributed by atoms with van der Waals surface area (Å²) < 4.78 is 5.30. The minimum absolute atomic E-state index is 0.156. The number of nitrogens with zero attached hydrogens (tertiary/aromatic N) is 1. The van der Waals surface area contributed by atoms with Crippen LogP contribution >= 0.6 is 0 Å². The van der Waals surface area contributed by atoms with Crippen molar-refractivity contribution in [3.63, 3.8) is 0 Å². The molecule has 0 spiro atoms. The summed E-state index contributed by atoms with van der Waals surface area (Å²) in [5, 5.41) is 10.7. The van der Waals surface area contributed by atoms with E-state index in [1.54, 1.807) is 7.11 Å². The van der Waals surface area contributed by atoms with Gasteiger partial charge in [0, 0.05) is 25.6 Å². The minimum atomic E-state index is -0.429. The summed E-state index contributed by atoms with van der Waals surface area (Å²) in [6.07, 6.45) is 2.05. The molecule has 3 nitrogen and oxygen atoms in total. The third-order valence-electron chi connectivity index (χ3n) is 4.49. The number of hydrogen-bond acceptors (Lipinski definition) is 3. The van der Waals surface area contributed by atoms with E-state index in [9.17, 15) is 5.11 Å². The lowest BCUT2D eigenvalue weighted by molar-refractivity contribution is 0.00298. The number of methoxy groups -OCH3 is 1. The molecule has 0 amide bonds. The number of hydrogen-bond donors (Lipinski definition) is 1. The van der Waals surface area contributed by atoms with Gasteiger partial charge in [0.05, 0.1) is 12.7 Å². The third kappa shape index (κ3) is 4.53. The van der Waals surface area contributed by atoms with Gasteiger partial charge in [-0.2, -0.15) is 0 Å². The molecule has 2 atom stereocenters. The lowest BCUT2D eigenvalue weighted by atomic mass is 9.81. The van der Waals surface area contributed by atoms with Crippen molar-refractivity contribution in [1.29, 1.82) is 0 Å². The molecule has 0 bridgehead atoms. The Morgan fingerprint density at radius 2 is 2.05 bits per heavy atom. The van der Waals surface area contributed by atoms with Crippen LogP contribution < -0.4 is 0 Å². The number of piperidine rings is 1. The van der Waals surface area contributed by atoms with Crippen molar-refractivity contribution in [3.8, 4) is 0 Å². The van der Waals surface area contributed by atoms with E-state index in [0.717, 1.165) is 31.8 Å². The fraction of sp³-hybridized carbons (Fsp3) is 0.667. The molecule has 3 heteroatoms. The molecule has 1 heterocycles. The second-order valence-corrected chi connectivity index (χ2v) is 7.00. The van der Waals surface area contributed by atoms with Crippen LogP contribution in [0.25, 0.3) is 0 Å². The van der Waals surface area contributed by atoms with Gasteiger partial charge in [-0.25, -0.2) is 0 Å². The summed E-state index contributed by atoms with van der Waals surface area (Å²) in [5.41, 5.74) is 0.851. The van der Waals surface area contributed by atoms with Gasteiger partial charge in [-0.05, 0) is 30.9 Å². The molecule has 1 saturated heterocycles. The molecule has 0 aliphatic carbocycles. The first-order chi connectivity index (χ1) is 10.0. The largest absolute Gasteiger partial charge is 0.388 e. The fourth-order valence-corrected chi connectivity index (χ4v) is 3.42. The van der Waals surface area contributed by atoms with Gasteiger partial charge in [-0.1, -0.05) is 44.2 Å². The van der Waals surface area contributed by atoms with E-state index in [2.05, 4.69) is 18.7 Å². The number of ether oxygens (including phenoxy) is 1. The number of aliphatic hydroxyl groups excluding tert-OH is 1. The molecule has 1 aliphatic heterocycles. The average Bonchev–Trinajstić information content (AvgIpc) is 2.47. The van der Waals surface area contributed by atoms with Gasteiger partial charge in [0.1, 0.15) is 0 Å². The van der Waals surface area contributed by atoms with Crippen molar-refractivity contribution < 1.29 is 9.84 Å². The Labute approximate surface area is 128 Å². The SMILES string of the molecule is COCC1CCCN(CC(C)(C)C(O)c2ccccc2)C1. The summed E-state index contributed by atoms with van der Waals surface area (Å²) in [7, 11) is 1.78. The van der Waals surface area contributed by atoms with E-state index >= 15 is 0 Å². The van der Waals surface area contributed by atoms with Crippen molar-refractivity contribution in [1.82, 2.24) is 4.90 Å². The first-order valence-corrected chi connectivity index (χ1v) is 7.97. The van der Waals surface area contributed by atoms with Crippen LogP contribution in [-0.2, 0) is 4.74 Å². The van der Waals surface area contributed by atoms with Crippen LogP contribution in [0.3, 0.4) is 0 Å². The number of rotatable bonds is 6. The van der Waals surface area contributed by atoms with Crippen molar-refractivity contribution in [3.05, 3.63) is 35.9 Å². The van der Waals surface area contributed by atoms with Crippen molar-refractivity contribution in [2.75, 3.05) is 33.4 Å². The first-order valence-electron chi connectivity index (χ1n) is 7.97. The van der Waals surface area contributed by atoms with Crippen LogP contribution in [0.15, 0.2) is 30.3 Å². The van der Waals surface area contributed by atoms with E-state index in [-0.39, 0.29) is 5.41 Å². The molecule has 118 valence electrons. The molecule has 2 rings (SSSR count).